The lowest BCUT2D eigenvalue weighted by atomic mass is 9.72. The highest BCUT2D eigenvalue weighted by molar-refractivity contribution is 6.30. The standard InChI is InChI=1S/C27H28ClN3O2/c1-16-24(27(33)31-20-6-2-3-7-20)26(21-8-4-5-13-29-21)25-22(30-16)14-18(15-23(25)32)17-9-11-19(28)12-10-17/h4-5,8-13,18,20,26,30H,2-3,6-7,14-15H2,1H3,(H,31,33)/t18-,26+/m0/s1. The Morgan fingerprint density at radius 1 is 1.09 bits per heavy atom. The van der Waals surface area contributed by atoms with Crippen molar-refractivity contribution in [3.63, 3.8) is 0 Å². The molecule has 2 N–H and O–H groups in total. The zero-order valence-electron chi connectivity index (χ0n) is 18.7. The van der Waals surface area contributed by atoms with E-state index in [4.69, 9.17) is 11.6 Å². The Hall–Kier alpha value is -2.92. The molecule has 0 unspecified atom stereocenters. The molecule has 1 aromatic carbocycles. The molecule has 1 aliphatic heterocycles. The van der Waals surface area contributed by atoms with Crippen molar-refractivity contribution >= 4 is 23.3 Å². The van der Waals surface area contributed by atoms with E-state index in [0.29, 0.717) is 29.0 Å². The summed E-state index contributed by atoms with van der Waals surface area (Å²) >= 11 is 6.06. The average Bonchev–Trinajstić information content (AvgIpc) is 3.32. The number of halogens is 1. The minimum absolute atomic E-state index is 0.0676. The van der Waals surface area contributed by atoms with Gasteiger partial charge in [0.2, 0.25) is 5.91 Å². The Kier molecular flexibility index (Phi) is 6.07. The second-order valence-corrected chi connectivity index (χ2v) is 9.71. The maximum atomic E-state index is 13.6. The van der Waals surface area contributed by atoms with E-state index in [2.05, 4.69) is 15.6 Å². The first-order chi connectivity index (χ1) is 16.0. The van der Waals surface area contributed by atoms with Crippen LogP contribution in [-0.2, 0) is 9.59 Å². The molecule has 33 heavy (non-hydrogen) atoms. The highest BCUT2D eigenvalue weighted by Gasteiger charge is 2.41. The maximum Gasteiger partial charge on any atom is 0.250 e. The van der Waals surface area contributed by atoms with Crippen LogP contribution in [0.15, 0.2) is 71.2 Å². The number of rotatable bonds is 4. The monoisotopic (exact) mass is 461 g/mol. The number of amides is 1. The predicted octanol–water partition coefficient (Wildman–Crippen LogP) is 5.16. The van der Waals surface area contributed by atoms with Crippen LogP contribution in [0.4, 0.5) is 0 Å². The van der Waals surface area contributed by atoms with Gasteiger partial charge in [-0.05, 0) is 61.9 Å². The van der Waals surface area contributed by atoms with Crippen molar-refractivity contribution in [3.05, 3.63) is 87.5 Å². The van der Waals surface area contributed by atoms with Gasteiger partial charge in [-0.3, -0.25) is 14.6 Å². The molecule has 0 spiro atoms. The predicted molar refractivity (Wildman–Crippen MR) is 129 cm³/mol. The van der Waals surface area contributed by atoms with E-state index in [9.17, 15) is 9.59 Å². The molecular formula is C27H28ClN3O2. The molecular weight excluding hydrogens is 434 g/mol. The van der Waals surface area contributed by atoms with Gasteiger partial charge in [-0.1, -0.05) is 42.6 Å². The lowest BCUT2D eigenvalue weighted by Gasteiger charge is -2.36. The minimum Gasteiger partial charge on any atom is -0.362 e. The summed E-state index contributed by atoms with van der Waals surface area (Å²) in [5.41, 5.74) is 4.82. The number of allylic oxidation sites excluding steroid dienone is 3. The zero-order valence-corrected chi connectivity index (χ0v) is 19.5. The smallest absolute Gasteiger partial charge is 0.250 e. The number of hydrogen-bond donors (Lipinski definition) is 2. The third-order valence-electron chi connectivity index (χ3n) is 7.09. The Balaban J connectivity index is 1.52. The fourth-order valence-corrected chi connectivity index (χ4v) is 5.61. The number of carbonyl (C=O) groups excluding carboxylic acids is 2. The maximum absolute atomic E-state index is 13.6. The van der Waals surface area contributed by atoms with Gasteiger partial charge in [0, 0.05) is 46.2 Å². The second-order valence-electron chi connectivity index (χ2n) is 9.28. The van der Waals surface area contributed by atoms with Crippen molar-refractivity contribution in [2.45, 2.75) is 63.3 Å². The topological polar surface area (TPSA) is 71.1 Å². The molecule has 2 aromatic rings. The van der Waals surface area contributed by atoms with E-state index in [0.717, 1.165) is 48.3 Å². The quantitative estimate of drug-likeness (QED) is 0.660. The fraction of sp³-hybridized carbons (Fsp3) is 0.370. The number of pyridine rings is 1. The van der Waals surface area contributed by atoms with Crippen molar-refractivity contribution in [2.75, 3.05) is 0 Å². The first kappa shape index (κ1) is 21.9. The number of Topliss-reactive ketones (excluding diaryl/α,β-unsaturated/α-hetero) is 1. The summed E-state index contributed by atoms with van der Waals surface area (Å²) in [5.74, 6) is -0.408. The van der Waals surface area contributed by atoms with Gasteiger partial charge in [-0.15, -0.1) is 0 Å². The molecule has 5 nitrogen and oxygen atoms in total. The fourth-order valence-electron chi connectivity index (χ4n) is 5.49. The molecule has 1 fully saturated rings. The Morgan fingerprint density at radius 2 is 1.85 bits per heavy atom. The van der Waals surface area contributed by atoms with Gasteiger partial charge in [0.05, 0.1) is 11.6 Å². The first-order valence-electron chi connectivity index (χ1n) is 11.7. The van der Waals surface area contributed by atoms with E-state index >= 15 is 0 Å². The zero-order chi connectivity index (χ0) is 22.9. The summed E-state index contributed by atoms with van der Waals surface area (Å²) < 4.78 is 0. The van der Waals surface area contributed by atoms with E-state index in [-0.39, 0.29) is 23.7 Å². The summed E-state index contributed by atoms with van der Waals surface area (Å²) in [7, 11) is 0. The molecule has 1 aromatic heterocycles. The Bertz CT molecular complexity index is 1130. The van der Waals surface area contributed by atoms with Crippen LogP contribution in [0, 0.1) is 0 Å². The number of aromatic nitrogens is 1. The average molecular weight is 462 g/mol. The van der Waals surface area contributed by atoms with Crippen LogP contribution >= 0.6 is 11.6 Å². The largest absolute Gasteiger partial charge is 0.362 e. The Labute approximate surface area is 199 Å². The molecule has 1 amide bonds. The van der Waals surface area contributed by atoms with E-state index in [1.165, 1.54) is 0 Å². The van der Waals surface area contributed by atoms with Gasteiger partial charge >= 0.3 is 0 Å². The van der Waals surface area contributed by atoms with Gasteiger partial charge in [0.1, 0.15) is 0 Å². The normalized spacial score (nSPS) is 23.4. The molecule has 2 atom stereocenters. The SMILES string of the molecule is CC1=C(C(=O)NC2CCCC2)[C@@H](c2ccccn2)C2=C(C[C@H](c3ccc(Cl)cc3)CC2=O)N1. The van der Waals surface area contributed by atoms with Crippen molar-refractivity contribution < 1.29 is 9.59 Å². The molecule has 5 rings (SSSR count). The van der Waals surface area contributed by atoms with Crippen molar-refractivity contribution in [1.29, 1.82) is 0 Å². The number of ketones is 1. The van der Waals surface area contributed by atoms with Crippen molar-refractivity contribution in [2.24, 2.45) is 0 Å². The van der Waals surface area contributed by atoms with Gasteiger partial charge < -0.3 is 10.6 Å². The molecule has 170 valence electrons. The molecule has 6 heteroatoms. The van der Waals surface area contributed by atoms with E-state index in [1.54, 1.807) is 6.20 Å². The molecule has 1 saturated carbocycles. The van der Waals surface area contributed by atoms with Crippen LogP contribution < -0.4 is 10.6 Å². The highest BCUT2D eigenvalue weighted by Crippen LogP contribution is 2.45. The van der Waals surface area contributed by atoms with Crippen molar-refractivity contribution in [3.8, 4) is 0 Å². The van der Waals surface area contributed by atoms with Crippen LogP contribution in [0.25, 0.3) is 0 Å². The summed E-state index contributed by atoms with van der Waals surface area (Å²) in [4.78, 5) is 31.6. The van der Waals surface area contributed by atoms with Crippen LogP contribution in [0.1, 0.15) is 68.5 Å². The van der Waals surface area contributed by atoms with Crippen LogP contribution in [0.5, 0.6) is 0 Å². The van der Waals surface area contributed by atoms with Gasteiger partial charge in [-0.2, -0.15) is 0 Å². The van der Waals surface area contributed by atoms with Gasteiger partial charge in [0.25, 0.3) is 0 Å². The number of nitrogens with zero attached hydrogens (tertiary/aromatic N) is 1. The number of nitrogens with one attached hydrogen (secondary N) is 2. The first-order valence-corrected chi connectivity index (χ1v) is 12.1. The molecule has 3 aliphatic rings. The van der Waals surface area contributed by atoms with Crippen LogP contribution in [-0.4, -0.2) is 22.7 Å². The van der Waals surface area contributed by atoms with Crippen molar-refractivity contribution in [1.82, 2.24) is 15.6 Å². The molecule has 0 radical (unpaired) electrons. The molecule has 2 heterocycles. The molecule has 2 aliphatic carbocycles. The Morgan fingerprint density at radius 3 is 2.55 bits per heavy atom. The number of dihydropyridines is 1. The highest BCUT2D eigenvalue weighted by atomic mass is 35.5. The van der Waals surface area contributed by atoms with Gasteiger partial charge in [0.15, 0.2) is 5.78 Å². The number of benzene rings is 1. The third kappa shape index (κ3) is 4.34. The summed E-state index contributed by atoms with van der Waals surface area (Å²) in [6.07, 6.45) is 7.15. The summed E-state index contributed by atoms with van der Waals surface area (Å²) in [5, 5.41) is 7.34. The second kappa shape index (κ2) is 9.14. The number of hydrogen-bond acceptors (Lipinski definition) is 4. The van der Waals surface area contributed by atoms with E-state index < -0.39 is 5.92 Å². The third-order valence-corrected chi connectivity index (χ3v) is 7.34. The summed E-state index contributed by atoms with van der Waals surface area (Å²) in [6, 6.07) is 13.6. The minimum atomic E-state index is -0.456. The molecule has 0 bridgehead atoms. The van der Waals surface area contributed by atoms with Crippen LogP contribution in [0.2, 0.25) is 5.02 Å². The lowest BCUT2D eigenvalue weighted by molar-refractivity contribution is -0.118. The number of carbonyl (C=O) groups is 2. The van der Waals surface area contributed by atoms with Gasteiger partial charge in [-0.25, -0.2) is 0 Å². The molecule has 0 saturated heterocycles. The lowest BCUT2D eigenvalue weighted by Crippen LogP contribution is -2.41. The van der Waals surface area contributed by atoms with E-state index in [1.807, 2.05) is 49.4 Å². The summed E-state index contributed by atoms with van der Waals surface area (Å²) in [6.45, 7) is 1.93. The van der Waals surface area contributed by atoms with Crippen LogP contribution in [0.3, 0.4) is 0 Å².